The Bertz CT molecular complexity index is 691. The zero-order valence-corrected chi connectivity index (χ0v) is 12.2. The van der Waals surface area contributed by atoms with Crippen molar-refractivity contribution in [1.29, 1.82) is 0 Å². The summed E-state index contributed by atoms with van der Waals surface area (Å²) >= 11 is 0. The number of benzene rings is 1. The molecule has 0 radical (unpaired) electrons. The highest BCUT2D eigenvalue weighted by molar-refractivity contribution is 5.93. The van der Waals surface area contributed by atoms with Crippen molar-refractivity contribution in [2.24, 2.45) is 0 Å². The largest absolute Gasteiger partial charge is 0.451 e. The number of hydrogen-bond donors (Lipinski definition) is 2. The normalized spacial score (nSPS) is 10.1. The van der Waals surface area contributed by atoms with Crippen LogP contribution >= 0.6 is 0 Å². The number of nitrogens with zero attached hydrogens (tertiary/aromatic N) is 2. The minimum atomic E-state index is -0.815. The number of halogens is 1. The maximum atomic E-state index is 12.7. The zero-order valence-electron chi connectivity index (χ0n) is 12.2. The molecule has 0 saturated carbocycles. The van der Waals surface area contributed by atoms with E-state index in [1.807, 2.05) is 0 Å². The molecule has 2 aromatic rings. The molecule has 1 amide bonds. The molecule has 7 nitrogen and oxygen atoms in total. The molecule has 1 aromatic heterocycles. The van der Waals surface area contributed by atoms with Gasteiger partial charge in [-0.05, 0) is 24.1 Å². The molecule has 23 heavy (non-hydrogen) atoms. The second-order valence-corrected chi connectivity index (χ2v) is 4.59. The van der Waals surface area contributed by atoms with Gasteiger partial charge in [-0.15, -0.1) is 0 Å². The van der Waals surface area contributed by atoms with Crippen molar-refractivity contribution in [2.75, 3.05) is 18.9 Å². The highest BCUT2D eigenvalue weighted by Gasteiger charge is 2.15. The number of amides is 1. The zero-order chi connectivity index (χ0) is 16.7. The summed E-state index contributed by atoms with van der Waals surface area (Å²) < 4.78 is 17.6. The van der Waals surface area contributed by atoms with E-state index in [9.17, 15) is 14.0 Å². The average Bonchev–Trinajstić information content (AvgIpc) is 2.55. The van der Waals surface area contributed by atoms with E-state index < -0.39 is 18.5 Å². The number of aromatic nitrogens is 2. The number of rotatable bonds is 6. The second-order valence-electron chi connectivity index (χ2n) is 4.59. The molecule has 0 fully saturated rings. The van der Waals surface area contributed by atoms with Crippen molar-refractivity contribution >= 4 is 17.7 Å². The van der Waals surface area contributed by atoms with Crippen LogP contribution in [-0.4, -0.2) is 35.0 Å². The number of carbonyl (C=O) groups excluding carboxylic acids is 2. The first-order chi connectivity index (χ1) is 11.1. The van der Waals surface area contributed by atoms with Gasteiger partial charge in [0.15, 0.2) is 18.1 Å². The monoisotopic (exact) mass is 318 g/mol. The van der Waals surface area contributed by atoms with Crippen molar-refractivity contribution in [1.82, 2.24) is 15.3 Å². The van der Waals surface area contributed by atoms with Crippen LogP contribution in [0.15, 0.2) is 36.7 Å². The summed E-state index contributed by atoms with van der Waals surface area (Å²) in [5.74, 6) is -1.64. The molecule has 0 aliphatic heterocycles. The van der Waals surface area contributed by atoms with Gasteiger partial charge in [-0.2, -0.15) is 0 Å². The van der Waals surface area contributed by atoms with Gasteiger partial charge < -0.3 is 15.8 Å². The summed E-state index contributed by atoms with van der Waals surface area (Å²) in [6.07, 6.45) is 3.18. The summed E-state index contributed by atoms with van der Waals surface area (Å²) in [7, 11) is 0. The number of esters is 1. The molecule has 2 rings (SSSR count). The van der Waals surface area contributed by atoms with Crippen LogP contribution in [0.2, 0.25) is 0 Å². The van der Waals surface area contributed by atoms with Crippen molar-refractivity contribution in [2.45, 2.75) is 6.42 Å². The Morgan fingerprint density at radius 1 is 1.17 bits per heavy atom. The minimum absolute atomic E-state index is 0.0609. The third-order valence-corrected chi connectivity index (χ3v) is 2.90. The summed E-state index contributed by atoms with van der Waals surface area (Å²) in [5, 5.41) is 2.59. The third kappa shape index (κ3) is 5.03. The SMILES string of the molecule is Nc1nccnc1C(=O)OCC(=O)NCCc1ccc(F)cc1. The number of ether oxygens (including phenoxy) is 1. The molecule has 0 spiro atoms. The third-order valence-electron chi connectivity index (χ3n) is 2.90. The highest BCUT2D eigenvalue weighted by atomic mass is 19.1. The van der Waals surface area contributed by atoms with Crippen LogP contribution in [0, 0.1) is 5.82 Å². The lowest BCUT2D eigenvalue weighted by Gasteiger charge is -2.07. The van der Waals surface area contributed by atoms with Crippen molar-refractivity contribution in [3.63, 3.8) is 0 Å². The number of hydrogen-bond acceptors (Lipinski definition) is 6. The second kappa shape index (κ2) is 7.83. The molecule has 8 heteroatoms. The Kier molecular flexibility index (Phi) is 5.56. The Morgan fingerprint density at radius 2 is 1.87 bits per heavy atom. The molecule has 3 N–H and O–H groups in total. The van der Waals surface area contributed by atoms with Gasteiger partial charge in [0.1, 0.15) is 5.82 Å². The molecule has 1 heterocycles. The number of carbonyl (C=O) groups is 2. The topological polar surface area (TPSA) is 107 Å². The number of anilines is 1. The molecule has 0 bridgehead atoms. The first-order valence-electron chi connectivity index (χ1n) is 6.81. The van der Waals surface area contributed by atoms with E-state index in [-0.39, 0.29) is 17.3 Å². The van der Waals surface area contributed by atoms with E-state index in [0.717, 1.165) is 5.56 Å². The number of nitrogens with one attached hydrogen (secondary N) is 1. The molecule has 120 valence electrons. The summed E-state index contributed by atoms with van der Waals surface area (Å²) in [6.45, 7) is -0.104. The van der Waals surface area contributed by atoms with Gasteiger partial charge in [-0.25, -0.2) is 19.2 Å². The molecular formula is C15H15FN4O3. The van der Waals surface area contributed by atoms with Crippen molar-refractivity contribution in [3.8, 4) is 0 Å². The van der Waals surface area contributed by atoms with Crippen molar-refractivity contribution < 1.29 is 18.7 Å². The summed E-state index contributed by atoms with van der Waals surface area (Å²) in [6, 6.07) is 5.98. The number of nitrogens with two attached hydrogens (primary N) is 1. The standard InChI is InChI=1S/C15H15FN4O3/c16-11-3-1-10(2-4-11)5-6-18-12(21)9-23-15(22)13-14(17)20-8-7-19-13/h1-4,7-8H,5-6,9H2,(H2,17,20)(H,18,21). The van der Waals surface area contributed by atoms with Gasteiger partial charge in [-0.1, -0.05) is 12.1 Å². The van der Waals surface area contributed by atoms with Crippen LogP contribution < -0.4 is 11.1 Å². The van der Waals surface area contributed by atoms with E-state index >= 15 is 0 Å². The van der Waals surface area contributed by atoms with Gasteiger partial charge >= 0.3 is 5.97 Å². The van der Waals surface area contributed by atoms with Gasteiger partial charge in [0.2, 0.25) is 0 Å². The maximum Gasteiger partial charge on any atom is 0.361 e. The summed E-state index contributed by atoms with van der Waals surface area (Å²) in [4.78, 5) is 30.7. The number of nitrogen functional groups attached to an aromatic ring is 1. The molecule has 0 aliphatic rings. The Labute approximate surface area is 131 Å². The molecule has 1 aromatic carbocycles. The smallest absolute Gasteiger partial charge is 0.361 e. The fraction of sp³-hybridized carbons (Fsp3) is 0.200. The van der Waals surface area contributed by atoms with Gasteiger partial charge in [0.05, 0.1) is 0 Å². The van der Waals surface area contributed by atoms with Crippen LogP contribution in [0.4, 0.5) is 10.2 Å². The van der Waals surface area contributed by atoms with Crippen LogP contribution in [0.1, 0.15) is 16.1 Å². The fourth-order valence-corrected chi connectivity index (χ4v) is 1.75. The van der Waals surface area contributed by atoms with E-state index in [2.05, 4.69) is 15.3 Å². The first-order valence-corrected chi connectivity index (χ1v) is 6.81. The van der Waals surface area contributed by atoms with Gasteiger partial charge in [0.25, 0.3) is 5.91 Å². The van der Waals surface area contributed by atoms with Gasteiger partial charge in [-0.3, -0.25) is 4.79 Å². The van der Waals surface area contributed by atoms with Crippen molar-refractivity contribution in [3.05, 3.63) is 53.7 Å². The molecule has 0 aliphatic carbocycles. The van der Waals surface area contributed by atoms with E-state index in [4.69, 9.17) is 10.5 Å². The van der Waals surface area contributed by atoms with E-state index in [1.54, 1.807) is 12.1 Å². The van der Waals surface area contributed by atoms with Crippen LogP contribution in [0.5, 0.6) is 0 Å². The molecule has 0 atom stereocenters. The minimum Gasteiger partial charge on any atom is -0.451 e. The summed E-state index contributed by atoms with van der Waals surface area (Å²) in [5.41, 5.74) is 6.23. The van der Waals surface area contributed by atoms with E-state index in [1.165, 1.54) is 24.5 Å². The lowest BCUT2D eigenvalue weighted by Crippen LogP contribution is -2.30. The Hall–Kier alpha value is -3.03. The highest BCUT2D eigenvalue weighted by Crippen LogP contribution is 2.05. The van der Waals surface area contributed by atoms with Gasteiger partial charge in [0, 0.05) is 18.9 Å². The lowest BCUT2D eigenvalue weighted by atomic mass is 10.1. The average molecular weight is 318 g/mol. The maximum absolute atomic E-state index is 12.7. The van der Waals surface area contributed by atoms with Crippen LogP contribution in [-0.2, 0) is 16.0 Å². The quantitative estimate of drug-likeness (QED) is 0.760. The molecule has 0 unspecified atom stereocenters. The Morgan fingerprint density at radius 3 is 2.57 bits per heavy atom. The Balaban J connectivity index is 1.72. The molecule has 0 saturated heterocycles. The molecular weight excluding hydrogens is 303 g/mol. The first kappa shape index (κ1) is 16.3. The lowest BCUT2D eigenvalue weighted by molar-refractivity contribution is -0.124. The fourth-order valence-electron chi connectivity index (χ4n) is 1.75. The van der Waals surface area contributed by atoms with Crippen LogP contribution in [0.3, 0.4) is 0 Å². The predicted octanol–water partition coefficient (Wildman–Crippen LogP) is 0.714. The predicted molar refractivity (Wildman–Crippen MR) is 79.8 cm³/mol. The van der Waals surface area contributed by atoms with Crippen LogP contribution in [0.25, 0.3) is 0 Å². The van der Waals surface area contributed by atoms with E-state index in [0.29, 0.717) is 13.0 Å².